The van der Waals surface area contributed by atoms with Gasteiger partial charge in [0.05, 0.1) is 6.20 Å². The normalized spacial score (nSPS) is 10.3. The number of fused-ring (bicyclic) bond motifs is 1. The SMILES string of the molecule is C#Cc1ccc(NC(=O)c2cnn3c(C)cc(NC)nc23)cc1. The van der Waals surface area contributed by atoms with E-state index >= 15 is 0 Å². The number of aromatic nitrogens is 3. The second kappa shape index (κ2) is 5.81. The molecular formula is C17H15N5O. The molecule has 114 valence electrons. The number of carbonyl (C=O) groups is 1. The van der Waals surface area contributed by atoms with E-state index in [-0.39, 0.29) is 5.91 Å². The van der Waals surface area contributed by atoms with Gasteiger partial charge in [0.25, 0.3) is 5.91 Å². The molecule has 2 N–H and O–H groups in total. The molecule has 1 amide bonds. The molecule has 0 aliphatic rings. The first-order valence-electron chi connectivity index (χ1n) is 7.03. The molecule has 0 unspecified atom stereocenters. The molecule has 0 radical (unpaired) electrons. The molecule has 6 nitrogen and oxygen atoms in total. The molecule has 0 saturated heterocycles. The molecule has 2 aromatic heterocycles. The maximum Gasteiger partial charge on any atom is 0.261 e. The minimum absolute atomic E-state index is 0.270. The van der Waals surface area contributed by atoms with Crippen LogP contribution in [-0.4, -0.2) is 27.6 Å². The lowest BCUT2D eigenvalue weighted by Gasteiger charge is -2.06. The highest BCUT2D eigenvalue weighted by molar-refractivity contribution is 6.08. The largest absolute Gasteiger partial charge is 0.373 e. The molecule has 23 heavy (non-hydrogen) atoms. The molecule has 0 fully saturated rings. The van der Waals surface area contributed by atoms with Crippen molar-refractivity contribution in [3.63, 3.8) is 0 Å². The van der Waals surface area contributed by atoms with Crippen LogP contribution in [0.4, 0.5) is 11.5 Å². The molecule has 3 rings (SSSR count). The van der Waals surface area contributed by atoms with Crippen LogP contribution in [0.2, 0.25) is 0 Å². The third-order valence-electron chi connectivity index (χ3n) is 3.46. The number of carbonyl (C=O) groups excluding carboxylic acids is 1. The lowest BCUT2D eigenvalue weighted by atomic mass is 10.2. The Morgan fingerprint density at radius 3 is 2.70 bits per heavy atom. The Morgan fingerprint density at radius 2 is 2.04 bits per heavy atom. The Labute approximate surface area is 133 Å². The van der Waals surface area contributed by atoms with E-state index in [1.807, 2.05) is 13.0 Å². The first-order chi connectivity index (χ1) is 11.1. The van der Waals surface area contributed by atoms with Gasteiger partial charge in [0.15, 0.2) is 5.65 Å². The van der Waals surface area contributed by atoms with Crippen LogP contribution in [0.15, 0.2) is 36.5 Å². The van der Waals surface area contributed by atoms with Crippen molar-refractivity contribution in [2.45, 2.75) is 6.92 Å². The Morgan fingerprint density at radius 1 is 1.30 bits per heavy atom. The van der Waals surface area contributed by atoms with Gasteiger partial charge in [0, 0.05) is 30.1 Å². The summed E-state index contributed by atoms with van der Waals surface area (Å²) in [4.78, 5) is 16.9. The number of nitrogens with one attached hydrogen (secondary N) is 2. The van der Waals surface area contributed by atoms with E-state index in [9.17, 15) is 4.79 Å². The van der Waals surface area contributed by atoms with Gasteiger partial charge < -0.3 is 10.6 Å². The van der Waals surface area contributed by atoms with E-state index in [2.05, 4.69) is 26.6 Å². The van der Waals surface area contributed by atoms with E-state index in [0.29, 0.717) is 22.7 Å². The summed E-state index contributed by atoms with van der Waals surface area (Å²) < 4.78 is 1.64. The number of hydrogen-bond donors (Lipinski definition) is 2. The van der Waals surface area contributed by atoms with Crippen LogP contribution in [0.25, 0.3) is 5.65 Å². The van der Waals surface area contributed by atoms with E-state index in [1.165, 1.54) is 6.20 Å². The maximum absolute atomic E-state index is 12.5. The molecule has 0 saturated carbocycles. The number of benzene rings is 1. The first kappa shape index (κ1) is 14.6. The number of nitrogens with zero attached hydrogens (tertiary/aromatic N) is 3. The molecule has 2 heterocycles. The molecule has 6 heteroatoms. The van der Waals surface area contributed by atoms with Crippen molar-refractivity contribution in [2.24, 2.45) is 0 Å². The lowest BCUT2D eigenvalue weighted by molar-refractivity contribution is 0.102. The Bertz CT molecular complexity index is 919. The summed E-state index contributed by atoms with van der Waals surface area (Å²) in [6.07, 6.45) is 6.83. The number of amides is 1. The van der Waals surface area contributed by atoms with Gasteiger partial charge in [0.1, 0.15) is 11.4 Å². The zero-order chi connectivity index (χ0) is 16.4. The van der Waals surface area contributed by atoms with Crippen LogP contribution in [0.3, 0.4) is 0 Å². The second-order valence-electron chi connectivity index (χ2n) is 5.00. The zero-order valence-corrected chi connectivity index (χ0v) is 12.8. The van der Waals surface area contributed by atoms with Crippen LogP contribution in [0.1, 0.15) is 21.6 Å². The summed E-state index contributed by atoms with van der Waals surface area (Å²) in [6.45, 7) is 1.91. The fourth-order valence-corrected chi connectivity index (χ4v) is 2.25. The van der Waals surface area contributed by atoms with Crippen molar-refractivity contribution in [1.82, 2.24) is 14.6 Å². The molecule has 0 aliphatic carbocycles. The fraction of sp³-hybridized carbons (Fsp3) is 0.118. The third-order valence-corrected chi connectivity index (χ3v) is 3.46. The average Bonchev–Trinajstić information content (AvgIpc) is 3.00. The average molecular weight is 305 g/mol. The van der Waals surface area contributed by atoms with Crippen LogP contribution < -0.4 is 10.6 Å². The minimum Gasteiger partial charge on any atom is -0.373 e. The first-order valence-corrected chi connectivity index (χ1v) is 7.03. The second-order valence-corrected chi connectivity index (χ2v) is 5.00. The van der Waals surface area contributed by atoms with Crippen LogP contribution in [0, 0.1) is 19.3 Å². The number of rotatable bonds is 3. The third kappa shape index (κ3) is 2.72. The molecule has 0 spiro atoms. The minimum atomic E-state index is -0.270. The Hall–Kier alpha value is -3.33. The van der Waals surface area contributed by atoms with Gasteiger partial charge in [-0.25, -0.2) is 9.50 Å². The molecule has 0 bridgehead atoms. The fourth-order valence-electron chi connectivity index (χ4n) is 2.25. The van der Waals surface area contributed by atoms with Crippen molar-refractivity contribution in [1.29, 1.82) is 0 Å². The number of terminal acetylenes is 1. The number of hydrogen-bond acceptors (Lipinski definition) is 4. The van der Waals surface area contributed by atoms with Gasteiger partial charge in [-0.2, -0.15) is 5.10 Å². The van der Waals surface area contributed by atoms with Crippen molar-refractivity contribution in [3.05, 3.63) is 53.3 Å². The van der Waals surface area contributed by atoms with Gasteiger partial charge in [-0.15, -0.1) is 6.42 Å². The number of aryl methyl sites for hydroxylation is 1. The monoisotopic (exact) mass is 305 g/mol. The Kier molecular flexibility index (Phi) is 3.69. The van der Waals surface area contributed by atoms with Crippen molar-refractivity contribution in [2.75, 3.05) is 17.7 Å². The zero-order valence-electron chi connectivity index (χ0n) is 12.8. The van der Waals surface area contributed by atoms with Gasteiger partial charge in [-0.3, -0.25) is 4.79 Å². The summed E-state index contributed by atoms with van der Waals surface area (Å²) in [5.41, 5.74) is 3.22. The summed E-state index contributed by atoms with van der Waals surface area (Å²) in [5, 5.41) is 10.0. The molecular weight excluding hydrogens is 290 g/mol. The predicted molar refractivity (Wildman–Crippen MR) is 89.6 cm³/mol. The summed E-state index contributed by atoms with van der Waals surface area (Å²) in [7, 11) is 1.78. The lowest BCUT2D eigenvalue weighted by Crippen LogP contribution is -2.12. The highest BCUT2D eigenvalue weighted by Gasteiger charge is 2.16. The van der Waals surface area contributed by atoms with E-state index in [4.69, 9.17) is 6.42 Å². The maximum atomic E-state index is 12.5. The highest BCUT2D eigenvalue weighted by Crippen LogP contribution is 2.17. The molecule has 3 aromatic rings. The quantitative estimate of drug-likeness (QED) is 0.728. The van der Waals surface area contributed by atoms with Crippen molar-refractivity contribution < 1.29 is 4.79 Å². The van der Waals surface area contributed by atoms with E-state index in [1.54, 1.807) is 35.8 Å². The smallest absolute Gasteiger partial charge is 0.261 e. The molecule has 0 atom stereocenters. The van der Waals surface area contributed by atoms with E-state index in [0.717, 1.165) is 11.3 Å². The van der Waals surface area contributed by atoms with Crippen molar-refractivity contribution in [3.8, 4) is 12.3 Å². The standard InChI is InChI=1S/C17H15N5O/c1-4-12-5-7-13(8-6-12)20-17(23)14-10-19-22-11(2)9-15(18-3)21-16(14)22/h1,5-10H,2-3H3,(H,18,21)(H,20,23). The molecule has 0 aliphatic heterocycles. The predicted octanol–water partition coefficient (Wildman–Crippen LogP) is 2.31. The van der Waals surface area contributed by atoms with Crippen LogP contribution in [0.5, 0.6) is 0 Å². The van der Waals surface area contributed by atoms with Gasteiger partial charge >= 0.3 is 0 Å². The van der Waals surface area contributed by atoms with Gasteiger partial charge in [-0.05, 0) is 31.2 Å². The highest BCUT2D eigenvalue weighted by atomic mass is 16.1. The van der Waals surface area contributed by atoms with Crippen LogP contribution in [-0.2, 0) is 0 Å². The molecule has 1 aromatic carbocycles. The topological polar surface area (TPSA) is 71.3 Å². The van der Waals surface area contributed by atoms with Gasteiger partial charge in [0.2, 0.25) is 0 Å². The Balaban J connectivity index is 1.94. The van der Waals surface area contributed by atoms with E-state index < -0.39 is 0 Å². The van der Waals surface area contributed by atoms with Crippen LogP contribution >= 0.6 is 0 Å². The number of anilines is 2. The summed E-state index contributed by atoms with van der Waals surface area (Å²) >= 11 is 0. The summed E-state index contributed by atoms with van der Waals surface area (Å²) in [6, 6.07) is 8.92. The van der Waals surface area contributed by atoms with Crippen molar-refractivity contribution >= 4 is 23.1 Å². The summed E-state index contributed by atoms with van der Waals surface area (Å²) in [5.74, 6) is 2.95. The van der Waals surface area contributed by atoms with Gasteiger partial charge in [-0.1, -0.05) is 5.92 Å².